The van der Waals surface area contributed by atoms with Gasteiger partial charge in [0.05, 0.1) is 12.4 Å². The van der Waals surface area contributed by atoms with E-state index in [1.54, 1.807) is 0 Å². The maximum absolute atomic E-state index is 8.54. The van der Waals surface area contributed by atoms with Crippen LogP contribution in [0.4, 0.5) is 0 Å². The first-order valence-electron chi connectivity index (χ1n) is 2.17. The molecule has 0 aliphatic rings. The fourth-order valence-electron chi connectivity index (χ4n) is 0.408. The fraction of sp³-hybridized carbons (Fsp3) is 0. The van der Waals surface area contributed by atoms with Gasteiger partial charge in [-0.3, -0.25) is 5.10 Å². The lowest BCUT2D eigenvalue weighted by atomic mass is 10.7. The molecule has 0 bridgehead atoms. The third kappa shape index (κ3) is 1.46. The van der Waals surface area contributed by atoms with Crippen LogP contribution in [0, 0.1) is 0 Å². The van der Waals surface area contributed by atoms with Crippen LogP contribution in [0.1, 0.15) is 0 Å². The summed E-state index contributed by atoms with van der Waals surface area (Å²) in [6, 6.07) is 0. The average molecular weight is 149 g/mol. The third-order valence-corrected chi connectivity index (χ3v) is 1.77. The van der Waals surface area contributed by atoms with E-state index in [4.69, 9.17) is 14.7 Å². The lowest BCUT2D eigenvalue weighted by Crippen LogP contribution is -2.05. The minimum Gasteiger partial charge on any atom is -0.281 e. The summed E-state index contributed by atoms with van der Waals surface area (Å²) in [5.41, 5.74) is 0. The molecule has 0 amide bonds. The molecule has 0 saturated carbocycles. The van der Waals surface area contributed by atoms with Crippen LogP contribution < -0.4 is 5.30 Å². The van der Waals surface area contributed by atoms with Crippen LogP contribution >= 0.6 is 7.94 Å². The Morgan fingerprint density at radius 2 is 2.11 bits per heavy atom. The van der Waals surface area contributed by atoms with Crippen LogP contribution in [0.2, 0.25) is 0 Å². The summed E-state index contributed by atoms with van der Waals surface area (Å²) in [7, 11) is -3.81. The monoisotopic (exact) mass is 149 g/mol. The van der Waals surface area contributed by atoms with Crippen molar-refractivity contribution in [2.45, 2.75) is 0 Å². The van der Waals surface area contributed by atoms with Crippen LogP contribution in [-0.4, -0.2) is 24.9 Å². The molecule has 0 unspecified atom stereocenters. The minimum atomic E-state index is -3.81. The van der Waals surface area contributed by atoms with Crippen molar-refractivity contribution in [2.75, 3.05) is 0 Å². The SMILES string of the molecule is O[P+](O)(O)c1cn[nH]c1. The molecule has 0 aromatic carbocycles. The van der Waals surface area contributed by atoms with Gasteiger partial charge in [-0.05, 0) is 0 Å². The number of rotatable bonds is 1. The van der Waals surface area contributed by atoms with E-state index in [0.717, 1.165) is 6.20 Å². The molecule has 1 heterocycles. The lowest BCUT2D eigenvalue weighted by molar-refractivity contribution is 0.347. The van der Waals surface area contributed by atoms with Crippen molar-refractivity contribution in [3.8, 4) is 0 Å². The predicted molar refractivity (Wildman–Crippen MR) is 31.8 cm³/mol. The zero-order chi connectivity index (χ0) is 6.91. The van der Waals surface area contributed by atoms with Gasteiger partial charge in [-0.15, -0.1) is 0 Å². The first-order chi connectivity index (χ1) is 4.11. The van der Waals surface area contributed by atoms with Crippen molar-refractivity contribution in [3.05, 3.63) is 12.4 Å². The second kappa shape index (κ2) is 2.04. The number of hydrogen-bond acceptors (Lipinski definition) is 4. The maximum Gasteiger partial charge on any atom is 0.444 e. The van der Waals surface area contributed by atoms with Gasteiger partial charge >= 0.3 is 7.94 Å². The Balaban J connectivity index is 2.90. The van der Waals surface area contributed by atoms with Gasteiger partial charge in [0, 0.05) is 0 Å². The van der Waals surface area contributed by atoms with Crippen molar-refractivity contribution in [2.24, 2.45) is 0 Å². The molecule has 1 rings (SSSR count). The standard InChI is InChI=1S/C3H6N2O3P/c6-9(7,8)3-1-4-5-2-3/h1-2,6-8H,(H,4,5)/q+1. The highest BCUT2D eigenvalue weighted by molar-refractivity contribution is 7.66. The summed E-state index contributed by atoms with van der Waals surface area (Å²) in [4.78, 5) is 25.6. The van der Waals surface area contributed by atoms with Gasteiger partial charge in [0.25, 0.3) is 0 Å². The molecular weight excluding hydrogens is 143 g/mol. The predicted octanol–water partition coefficient (Wildman–Crippen LogP) is -1.23. The maximum atomic E-state index is 8.54. The van der Waals surface area contributed by atoms with E-state index in [9.17, 15) is 0 Å². The molecule has 0 atom stereocenters. The van der Waals surface area contributed by atoms with Crippen molar-refractivity contribution in [3.63, 3.8) is 0 Å². The molecule has 4 N–H and O–H groups in total. The van der Waals surface area contributed by atoms with Crippen LogP contribution in [0.5, 0.6) is 0 Å². The van der Waals surface area contributed by atoms with Gasteiger partial charge in [-0.1, -0.05) is 0 Å². The summed E-state index contributed by atoms with van der Waals surface area (Å²) in [5, 5.41) is 5.78. The molecule has 50 valence electrons. The third-order valence-electron chi connectivity index (χ3n) is 0.830. The Morgan fingerprint density at radius 3 is 2.33 bits per heavy atom. The van der Waals surface area contributed by atoms with E-state index in [0.29, 0.717) is 0 Å². The highest BCUT2D eigenvalue weighted by Gasteiger charge is 2.34. The topological polar surface area (TPSA) is 89.4 Å². The second-order valence-electron chi connectivity index (χ2n) is 1.52. The molecule has 9 heavy (non-hydrogen) atoms. The van der Waals surface area contributed by atoms with Crippen molar-refractivity contribution < 1.29 is 14.7 Å². The summed E-state index contributed by atoms with van der Waals surface area (Å²) in [6.45, 7) is 0. The van der Waals surface area contributed by atoms with Gasteiger partial charge in [0.2, 0.25) is 5.30 Å². The van der Waals surface area contributed by atoms with Crippen LogP contribution in [0.25, 0.3) is 0 Å². The second-order valence-corrected chi connectivity index (χ2v) is 3.18. The molecule has 0 radical (unpaired) electrons. The summed E-state index contributed by atoms with van der Waals surface area (Å²) >= 11 is 0. The van der Waals surface area contributed by atoms with Crippen LogP contribution in [0.3, 0.4) is 0 Å². The molecule has 0 spiro atoms. The molecule has 6 heteroatoms. The molecule has 0 saturated heterocycles. The number of hydrogen-bond donors (Lipinski definition) is 4. The molecule has 0 fully saturated rings. The van der Waals surface area contributed by atoms with E-state index < -0.39 is 7.94 Å². The van der Waals surface area contributed by atoms with Crippen molar-refractivity contribution >= 4 is 13.2 Å². The molecular formula is C3H6N2O3P+. The van der Waals surface area contributed by atoms with Crippen LogP contribution in [0.15, 0.2) is 12.4 Å². The minimum absolute atomic E-state index is 0.0301. The quantitative estimate of drug-likeness (QED) is 0.376. The highest BCUT2D eigenvalue weighted by atomic mass is 31.2. The van der Waals surface area contributed by atoms with Crippen molar-refractivity contribution in [1.82, 2.24) is 10.2 Å². The Hall–Kier alpha value is -0.480. The van der Waals surface area contributed by atoms with Crippen molar-refractivity contribution in [1.29, 1.82) is 0 Å². The fourth-order valence-corrected chi connectivity index (χ4v) is 0.852. The first-order valence-corrected chi connectivity index (χ1v) is 3.82. The average Bonchev–Trinajstić information content (AvgIpc) is 2.08. The largest absolute Gasteiger partial charge is 0.444 e. The molecule has 0 aliphatic carbocycles. The summed E-state index contributed by atoms with van der Waals surface area (Å²) in [5.74, 6) is 0. The van der Waals surface area contributed by atoms with Gasteiger partial charge in [-0.2, -0.15) is 19.8 Å². The molecule has 0 aliphatic heterocycles. The number of aromatic amines is 1. The first kappa shape index (κ1) is 6.64. The summed E-state index contributed by atoms with van der Waals surface area (Å²) < 4.78 is 0. The Morgan fingerprint density at radius 1 is 1.44 bits per heavy atom. The van der Waals surface area contributed by atoms with Gasteiger partial charge in [0.15, 0.2) is 0 Å². The highest BCUT2D eigenvalue weighted by Crippen LogP contribution is 2.42. The number of aromatic nitrogens is 2. The van der Waals surface area contributed by atoms with Crippen LogP contribution in [-0.2, 0) is 0 Å². The van der Waals surface area contributed by atoms with E-state index in [1.165, 1.54) is 6.20 Å². The van der Waals surface area contributed by atoms with E-state index in [1.807, 2.05) is 0 Å². The van der Waals surface area contributed by atoms with E-state index in [2.05, 4.69) is 10.2 Å². The van der Waals surface area contributed by atoms with E-state index in [-0.39, 0.29) is 5.30 Å². The Kier molecular flexibility index (Phi) is 1.50. The number of nitrogens with zero attached hydrogens (tertiary/aromatic N) is 1. The summed E-state index contributed by atoms with van der Waals surface area (Å²) in [6.07, 6.45) is 2.39. The number of nitrogens with one attached hydrogen (secondary N) is 1. The van der Waals surface area contributed by atoms with Gasteiger partial charge in [0.1, 0.15) is 0 Å². The smallest absolute Gasteiger partial charge is 0.281 e. The molecule has 1 aromatic rings. The lowest BCUT2D eigenvalue weighted by Gasteiger charge is -1.95. The molecule has 1 aromatic heterocycles. The molecule has 5 nitrogen and oxygen atoms in total. The number of H-pyrrole nitrogens is 1. The normalized spacial score (nSPS) is 11.9. The van der Waals surface area contributed by atoms with E-state index >= 15 is 0 Å². The zero-order valence-electron chi connectivity index (χ0n) is 4.39. The van der Waals surface area contributed by atoms with Gasteiger partial charge in [-0.25, -0.2) is 0 Å². The zero-order valence-corrected chi connectivity index (χ0v) is 5.29. The Bertz CT molecular complexity index is 179. The Labute approximate surface area is 51.6 Å². The van der Waals surface area contributed by atoms with Gasteiger partial charge < -0.3 is 0 Å².